The summed E-state index contributed by atoms with van der Waals surface area (Å²) in [4.78, 5) is 1.26. The molecule has 0 fully saturated rings. The van der Waals surface area contributed by atoms with Gasteiger partial charge in [-0.2, -0.15) is 0 Å². The molecule has 0 saturated carbocycles. The van der Waals surface area contributed by atoms with Gasteiger partial charge in [-0.1, -0.05) is 0 Å². The number of unbranched alkanes of at least 4 members (excludes halogenated alkanes) is 2. The molecule has 0 aliphatic carbocycles. The lowest BCUT2D eigenvalue weighted by atomic mass is 10.2. The van der Waals surface area contributed by atoms with Crippen LogP contribution in [0.3, 0.4) is 0 Å². The molecule has 0 bridgehead atoms. The van der Waals surface area contributed by atoms with Crippen LogP contribution in [0, 0.1) is 0 Å². The Kier molecular flexibility index (Phi) is 7.19. The van der Waals surface area contributed by atoms with Crippen molar-refractivity contribution < 1.29 is 14.2 Å². The summed E-state index contributed by atoms with van der Waals surface area (Å²) in [6.45, 7) is 4.04. The number of methoxy groups -OCH3 is 1. The number of fused-ring (bicyclic) bond motifs is 1. The monoisotopic (exact) mass is 311 g/mol. The van der Waals surface area contributed by atoms with Gasteiger partial charge in [0.1, 0.15) is 13.2 Å². The Morgan fingerprint density at radius 3 is 2.62 bits per heavy atom. The van der Waals surface area contributed by atoms with Gasteiger partial charge in [-0.25, -0.2) is 0 Å². The van der Waals surface area contributed by atoms with Crippen LogP contribution in [0.5, 0.6) is 11.5 Å². The fraction of sp³-hybridized carbons (Fsp3) is 0.625. The molecule has 1 N–H and O–H groups in total. The third kappa shape index (κ3) is 5.09. The minimum atomic E-state index is 0.637. The molecule has 1 aliphatic heterocycles. The number of ether oxygens (including phenoxy) is 3. The van der Waals surface area contributed by atoms with Crippen LogP contribution in [-0.4, -0.2) is 39.7 Å². The molecule has 0 saturated heterocycles. The average molecular weight is 311 g/mol. The molecule has 0 aromatic heterocycles. The first-order chi connectivity index (χ1) is 10.3. The average Bonchev–Trinajstić information content (AvgIpc) is 2.53. The van der Waals surface area contributed by atoms with E-state index in [2.05, 4.69) is 23.7 Å². The maximum atomic E-state index is 5.66. The molecule has 2 rings (SSSR count). The van der Waals surface area contributed by atoms with Crippen molar-refractivity contribution in [1.82, 2.24) is 5.32 Å². The van der Waals surface area contributed by atoms with Crippen molar-refractivity contribution >= 4 is 11.8 Å². The summed E-state index contributed by atoms with van der Waals surface area (Å²) in [6, 6.07) is 4.20. The highest BCUT2D eigenvalue weighted by Gasteiger charge is 2.15. The first-order valence-electron chi connectivity index (χ1n) is 7.51. The van der Waals surface area contributed by atoms with E-state index in [0.717, 1.165) is 37.6 Å². The lowest BCUT2D eigenvalue weighted by Gasteiger charge is -2.21. The Hall–Kier alpha value is -0.910. The molecule has 5 heteroatoms. The maximum Gasteiger partial charge on any atom is 0.162 e. The van der Waals surface area contributed by atoms with E-state index in [-0.39, 0.29) is 0 Å². The summed E-state index contributed by atoms with van der Waals surface area (Å²) in [5.74, 6) is 1.74. The summed E-state index contributed by atoms with van der Waals surface area (Å²) < 4.78 is 16.3. The molecule has 0 spiro atoms. The minimum absolute atomic E-state index is 0.637. The first kappa shape index (κ1) is 16.5. The fourth-order valence-corrected chi connectivity index (χ4v) is 2.95. The fourth-order valence-electron chi connectivity index (χ4n) is 2.34. The summed E-state index contributed by atoms with van der Waals surface area (Å²) in [5, 5.41) is 3.51. The molecule has 1 heterocycles. The molecule has 0 radical (unpaired) electrons. The smallest absolute Gasteiger partial charge is 0.162 e. The highest BCUT2D eigenvalue weighted by atomic mass is 32.2. The Balaban J connectivity index is 1.81. The molecule has 0 amide bonds. The predicted molar refractivity (Wildman–Crippen MR) is 86.6 cm³/mol. The second kappa shape index (κ2) is 9.18. The van der Waals surface area contributed by atoms with Crippen LogP contribution in [0.1, 0.15) is 24.8 Å². The topological polar surface area (TPSA) is 39.7 Å². The summed E-state index contributed by atoms with van der Waals surface area (Å²) >= 11 is 1.75. The number of nitrogens with one attached hydrogen (secondary N) is 1. The van der Waals surface area contributed by atoms with E-state index in [4.69, 9.17) is 14.2 Å². The summed E-state index contributed by atoms with van der Waals surface area (Å²) in [6.07, 6.45) is 5.62. The van der Waals surface area contributed by atoms with Crippen LogP contribution in [0.15, 0.2) is 17.0 Å². The standard InChI is InChI=1S/C16H25NO3S/c1-18-7-5-3-4-6-17-12-13-10-14-15(11-16(13)21-2)20-9-8-19-14/h10-11,17H,3-9,12H2,1-2H3. The van der Waals surface area contributed by atoms with Crippen molar-refractivity contribution in [2.24, 2.45) is 0 Å². The largest absolute Gasteiger partial charge is 0.486 e. The predicted octanol–water partition coefficient (Wildman–Crippen LogP) is 3.09. The van der Waals surface area contributed by atoms with Crippen molar-refractivity contribution in [3.05, 3.63) is 17.7 Å². The number of hydrogen-bond acceptors (Lipinski definition) is 5. The third-order valence-corrected chi connectivity index (χ3v) is 4.28. The third-order valence-electron chi connectivity index (χ3n) is 3.46. The highest BCUT2D eigenvalue weighted by molar-refractivity contribution is 7.98. The van der Waals surface area contributed by atoms with Gasteiger partial charge in [0.2, 0.25) is 0 Å². The molecule has 4 nitrogen and oxygen atoms in total. The zero-order valence-electron chi connectivity index (χ0n) is 12.9. The van der Waals surface area contributed by atoms with Crippen molar-refractivity contribution in [3.8, 4) is 11.5 Å². The Bertz CT molecular complexity index is 440. The number of thioether (sulfide) groups is 1. The van der Waals surface area contributed by atoms with Gasteiger partial charge in [0, 0.05) is 25.2 Å². The molecule has 0 unspecified atom stereocenters. The van der Waals surface area contributed by atoms with E-state index >= 15 is 0 Å². The first-order valence-corrected chi connectivity index (χ1v) is 8.74. The van der Waals surface area contributed by atoms with Crippen molar-refractivity contribution in [2.45, 2.75) is 30.7 Å². The van der Waals surface area contributed by atoms with Gasteiger partial charge >= 0.3 is 0 Å². The zero-order chi connectivity index (χ0) is 14.9. The number of rotatable bonds is 9. The molecule has 1 aromatic carbocycles. The quantitative estimate of drug-likeness (QED) is 0.560. The number of benzene rings is 1. The highest BCUT2D eigenvalue weighted by Crippen LogP contribution is 2.36. The van der Waals surface area contributed by atoms with Gasteiger partial charge in [-0.3, -0.25) is 0 Å². The van der Waals surface area contributed by atoms with Crippen molar-refractivity contribution in [3.63, 3.8) is 0 Å². The van der Waals surface area contributed by atoms with Crippen molar-refractivity contribution in [1.29, 1.82) is 0 Å². The SMILES string of the molecule is COCCCCCNCc1cc2c(cc1SC)OCCO2. The lowest BCUT2D eigenvalue weighted by molar-refractivity contribution is 0.171. The zero-order valence-corrected chi connectivity index (χ0v) is 13.8. The Labute approximate surface area is 131 Å². The van der Waals surface area contributed by atoms with E-state index in [1.54, 1.807) is 18.9 Å². The maximum absolute atomic E-state index is 5.66. The molecule has 0 atom stereocenters. The van der Waals surface area contributed by atoms with E-state index in [0.29, 0.717) is 13.2 Å². The van der Waals surface area contributed by atoms with Gasteiger partial charge in [-0.15, -0.1) is 11.8 Å². The molecule has 1 aromatic rings. The molecule has 21 heavy (non-hydrogen) atoms. The van der Waals surface area contributed by atoms with Gasteiger partial charge < -0.3 is 19.5 Å². The van der Waals surface area contributed by atoms with E-state index in [1.165, 1.54) is 23.3 Å². The van der Waals surface area contributed by atoms with Gasteiger partial charge in [0.05, 0.1) is 0 Å². The van der Waals surface area contributed by atoms with Crippen LogP contribution in [0.4, 0.5) is 0 Å². The minimum Gasteiger partial charge on any atom is -0.486 e. The van der Waals surface area contributed by atoms with Crippen LogP contribution in [-0.2, 0) is 11.3 Å². The normalized spacial score (nSPS) is 13.4. The summed E-state index contributed by atoms with van der Waals surface area (Å²) in [7, 11) is 1.75. The Morgan fingerprint density at radius 1 is 1.14 bits per heavy atom. The van der Waals surface area contributed by atoms with E-state index < -0.39 is 0 Å². The van der Waals surface area contributed by atoms with E-state index in [9.17, 15) is 0 Å². The summed E-state index contributed by atoms with van der Waals surface area (Å²) in [5.41, 5.74) is 1.28. The van der Waals surface area contributed by atoms with E-state index in [1.807, 2.05) is 0 Å². The molecule has 118 valence electrons. The van der Waals surface area contributed by atoms with Gasteiger partial charge in [0.25, 0.3) is 0 Å². The second-order valence-electron chi connectivity index (χ2n) is 5.04. The van der Waals surface area contributed by atoms with Crippen LogP contribution in [0.2, 0.25) is 0 Å². The van der Waals surface area contributed by atoms with Gasteiger partial charge in [0.15, 0.2) is 11.5 Å². The Morgan fingerprint density at radius 2 is 1.90 bits per heavy atom. The van der Waals surface area contributed by atoms with Crippen LogP contribution in [0.25, 0.3) is 0 Å². The van der Waals surface area contributed by atoms with Crippen LogP contribution < -0.4 is 14.8 Å². The molecular weight excluding hydrogens is 286 g/mol. The number of hydrogen-bond donors (Lipinski definition) is 1. The van der Waals surface area contributed by atoms with Gasteiger partial charge in [-0.05, 0) is 49.8 Å². The molecular formula is C16H25NO3S. The lowest BCUT2D eigenvalue weighted by Crippen LogP contribution is -2.18. The molecule has 1 aliphatic rings. The van der Waals surface area contributed by atoms with Crippen molar-refractivity contribution in [2.75, 3.05) is 39.7 Å². The second-order valence-corrected chi connectivity index (χ2v) is 5.89. The van der Waals surface area contributed by atoms with Crippen LogP contribution >= 0.6 is 11.8 Å².